The van der Waals surface area contributed by atoms with Crippen molar-refractivity contribution >= 4 is 31.9 Å². The minimum atomic E-state index is 0.748. The molecule has 0 saturated heterocycles. The summed E-state index contributed by atoms with van der Waals surface area (Å²) in [6.45, 7) is 6.60. The van der Waals surface area contributed by atoms with E-state index in [1.54, 1.807) is 0 Å². The molecule has 0 aromatic rings. The fourth-order valence-electron chi connectivity index (χ4n) is 0.810. The van der Waals surface area contributed by atoms with Crippen LogP contribution < -0.4 is 0 Å². The third-order valence-corrected chi connectivity index (χ3v) is 3.73. The second kappa shape index (κ2) is 15.4. The molecule has 0 amide bonds. The van der Waals surface area contributed by atoms with E-state index in [0.29, 0.717) is 0 Å². The zero-order chi connectivity index (χ0) is 10.5. The maximum Gasteiger partial charge on any atom is 0.0140 e. The Bertz CT molecular complexity index is 66.5. The van der Waals surface area contributed by atoms with Crippen LogP contribution in [-0.4, -0.2) is 10.2 Å². The van der Waals surface area contributed by atoms with E-state index in [9.17, 15) is 0 Å². The topological polar surface area (TPSA) is 0 Å². The maximum absolute atomic E-state index is 3.48. The van der Waals surface area contributed by atoms with Gasteiger partial charge in [0.15, 0.2) is 0 Å². The van der Waals surface area contributed by atoms with E-state index in [4.69, 9.17) is 0 Å². The molecule has 0 fully saturated rings. The lowest BCUT2D eigenvalue weighted by molar-refractivity contribution is 0.708. The molecule has 0 nitrogen and oxygen atoms in total. The van der Waals surface area contributed by atoms with Crippen molar-refractivity contribution in [3.05, 3.63) is 0 Å². The number of unbranched alkanes of at least 4 members (excludes halogenated alkanes) is 3. The van der Waals surface area contributed by atoms with Gasteiger partial charge in [-0.05, 0) is 19.3 Å². The summed E-state index contributed by atoms with van der Waals surface area (Å²) in [5.41, 5.74) is 0. The van der Waals surface area contributed by atoms with Gasteiger partial charge in [-0.2, -0.15) is 0 Å². The first-order chi connectivity index (χ1) is 6.22. The van der Waals surface area contributed by atoms with Crippen molar-refractivity contribution in [2.45, 2.75) is 64.1 Å². The molecule has 0 aliphatic rings. The summed E-state index contributed by atoms with van der Waals surface area (Å²) in [6, 6.07) is 0. The van der Waals surface area contributed by atoms with Crippen molar-refractivity contribution in [2.24, 2.45) is 0 Å². The molecule has 0 bridgehead atoms. The first-order valence-electron chi connectivity index (χ1n) is 5.42. The molecule has 0 aromatic carbocycles. The number of alkyl halides is 2. The van der Waals surface area contributed by atoms with Crippen LogP contribution >= 0.6 is 31.9 Å². The standard InChI is InChI=1S/C6H13Br.C5H11Br/c1-2-3-4-5-6-7;1-3-5(6)4-2/h2-6H2,1H3;5H,3-4H2,1-2H3. The molecule has 82 valence electrons. The monoisotopic (exact) mass is 314 g/mol. The van der Waals surface area contributed by atoms with Gasteiger partial charge in [0.1, 0.15) is 0 Å². The second-order valence-corrected chi connectivity index (χ2v) is 5.25. The summed E-state index contributed by atoms with van der Waals surface area (Å²) < 4.78 is 0. The minimum absolute atomic E-state index is 0.748. The summed E-state index contributed by atoms with van der Waals surface area (Å²) in [7, 11) is 0. The normalized spacial score (nSPS) is 9.69. The third kappa shape index (κ3) is 19.4. The van der Waals surface area contributed by atoms with Crippen LogP contribution in [0.5, 0.6) is 0 Å². The number of hydrogen-bond acceptors (Lipinski definition) is 0. The Labute approximate surface area is 101 Å². The van der Waals surface area contributed by atoms with Gasteiger partial charge in [-0.3, -0.25) is 0 Å². The summed E-state index contributed by atoms with van der Waals surface area (Å²) in [4.78, 5) is 0.748. The molecule has 0 rings (SSSR count). The first-order valence-corrected chi connectivity index (χ1v) is 7.46. The molecule has 2 heteroatoms. The summed E-state index contributed by atoms with van der Waals surface area (Å²) in [5.74, 6) is 0. The van der Waals surface area contributed by atoms with Crippen LogP contribution in [0.1, 0.15) is 59.3 Å². The van der Waals surface area contributed by atoms with E-state index in [2.05, 4.69) is 52.6 Å². The molecule has 0 radical (unpaired) electrons. The van der Waals surface area contributed by atoms with Crippen molar-refractivity contribution in [1.29, 1.82) is 0 Å². The predicted molar refractivity (Wildman–Crippen MR) is 71.2 cm³/mol. The molecule has 13 heavy (non-hydrogen) atoms. The Hall–Kier alpha value is 0.960. The molecular weight excluding hydrogens is 292 g/mol. The van der Waals surface area contributed by atoms with E-state index in [-0.39, 0.29) is 0 Å². The highest BCUT2D eigenvalue weighted by Gasteiger charge is 1.91. The van der Waals surface area contributed by atoms with E-state index in [1.165, 1.54) is 43.9 Å². The highest BCUT2D eigenvalue weighted by molar-refractivity contribution is 9.09. The van der Waals surface area contributed by atoms with Crippen LogP contribution in [0.4, 0.5) is 0 Å². The number of hydrogen-bond donors (Lipinski definition) is 0. The quantitative estimate of drug-likeness (QED) is 0.446. The van der Waals surface area contributed by atoms with E-state index < -0.39 is 0 Å². The van der Waals surface area contributed by atoms with Crippen molar-refractivity contribution < 1.29 is 0 Å². The van der Waals surface area contributed by atoms with Gasteiger partial charge < -0.3 is 0 Å². The molecule has 0 saturated carbocycles. The van der Waals surface area contributed by atoms with E-state index in [1.807, 2.05) is 0 Å². The largest absolute Gasteiger partial charge is 0.0928 e. The summed E-state index contributed by atoms with van der Waals surface area (Å²) >= 11 is 6.86. The average Bonchev–Trinajstić information content (AvgIpc) is 2.18. The zero-order valence-electron chi connectivity index (χ0n) is 9.28. The second-order valence-electron chi connectivity index (χ2n) is 3.16. The molecule has 0 unspecified atom stereocenters. The molecule has 0 aliphatic carbocycles. The molecule has 0 N–H and O–H groups in total. The first kappa shape index (κ1) is 16.4. The smallest absolute Gasteiger partial charge is 0.0140 e. The van der Waals surface area contributed by atoms with Gasteiger partial charge in [0.05, 0.1) is 0 Å². The Morgan fingerprint density at radius 1 is 0.923 bits per heavy atom. The van der Waals surface area contributed by atoms with Crippen molar-refractivity contribution in [2.75, 3.05) is 5.33 Å². The minimum Gasteiger partial charge on any atom is -0.0928 e. The lowest BCUT2D eigenvalue weighted by atomic mass is 10.2. The van der Waals surface area contributed by atoms with Gasteiger partial charge in [-0.15, -0.1) is 0 Å². The molecular formula is C11H24Br2. The highest BCUT2D eigenvalue weighted by Crippen LogP contribution is 2.06. The van der Waals surface area contributed by atoms with Crippen LogP contribution in [-0.2, 0) is 0 Å². The fourth-order valence-corrected chi connectivity index (χ4v) is 1.21. The van der Waals surface area contributed by atoms with Crippen molar-refractivity contribution in [3.63, 3.8) is 0 Å². The van der Waals surface area contributed by atoms with Crippen LogP contribution in [0, 0.1) is 0 Å². The molecule has 0 spiro atoms. The van der Waals surface area contributed by atoms with E-state index >= 15 is 0 Å². The van der Waals surface area contributed by atoms with Gasteiger partial charge in [0, 0.05) is 10.2 Å². The van der Waals surface area contributed by atoms with Crippen molar-refractivity contribution in [1.82, 2.24) is 0 Å². The maximum atomic E-state index is 3.48. The Kier molecular flexibility index (Phi) is 19.5. The molecule has 0 aromatic heterocycles. The molecule has 0 heterocycles. The van der Waals surface area contributed by atoms with Gasteiger partial charge >= 0.3 is 0 Å². The number of halogens is 2. The summed E-state index contributed by atoms with van der Waals surface area (Å²) in [5, 5.41) is 1.17. The van der Waals surface area contributed by atoms with Crippen LogP contribution in [0.3, 0.4) is 0 Å². The molecule has 0 aliphatic heterocycles. The number of rotatable bonds is 6. The zero-order valence-corrected chi connectivity index (χ0v) is 12.5. The summed E-state index contributed by atoms with van der Waals surface area (Å²) in [6.07, 6.45) is 7.96. The Balaban J connectivity index is 0. The predicted octanol–water partition coefficient (Wildman–Crippen LogP) is 5.53. The van der Waals surface area contributed by atoms with Crippen LogP contribution in [0.2, 0.25) is 0 Å². The SMILES string of the molecule is CCC(Br)CC.CCCCCCBr. The Morgan fingerprint density at radius 3 is 1.69 bits per heavy atom. The van der Waals surface area contributed by atoms with Crippen LogP contribution in [0.15, 0.2) is 0 Å². The van der Waals surface area contributed by atoms with Gasteiger partial charge in [-0.25, -0.2) is 0 Å². The van der Waals surface area contributed by atoms with Gasteiger partial charge in [0.25, 0.3) is 0 Å². The fraction of sp³-hybridized carbons (Fsp3) is 1.00. The lowest BCUT2D eigenvalue weighted by Gasteiger charge is -1.96. The van der Waals surface area contributed by atoms with Crippen molar-refractivity contribution in [3.8, 4) is 0 Å². The lowest BCUT2D eigenvalue weighted by Crippen LogP contribution is -1.88. The highest BCUT2D eigenvalue weighted by atomic mass is 79.9. The average molecular weight is 316 g/mol. The van der Waals surface area contributed by atoms with Crippen LogP contribution in [0.25, 0.3) is 0 Å². The van der Waals surface area contributed by atoms with Gasteiger partial charge in [-0.1, -0.05) is 71.9 Å². The van der Waals surface area contributed by atoms with E-state index in [0.717, 1.165) is 4.83 Å². The Morgan fingerprint density at radius 2 is 1.46 bits per heavy atom. The van der Waals surface area contributed by atoms with Gasteiger partial charge in [0.2, 0.25) is 0 Å². The third-order valence-electron chi connectivity index (χ3n) is 1.87. The molecule has 0 atom stereocenters.